The van der Waals surface area contributed by atoms with Gasteiger partial charge in [0.1, 0.15) is 11.3 Å². The Balaban J connectivity index is 2.07. The molecule has 104 valence electrons. The lowest BCUT2D eigenvalue weighted by molar-refractivity contribution is 0.122. The van der Waals surface area contributed by atoms with E-state index >= 15 is 0 Å². The fourth-order valence-electron chi connectivity index (χ4n) is 2.11. The van der Waals surface area contributed by atoms with Gasteiger partial charge in [-0.1, -0.05) is 18.6 Å². The number of nitrogens with one attached hydrogen (secondary N) is 1. The van der Waals surface area contributed by atoms with Crippen LogP contribution in [0.25, 0.3) is 11.0 Å². The molecule has 1 unspecified atom stereocenters. The molecule has 1 atom stereocenters. The third-order valence-corrected chi connectivity index (χ3v) is 3.13. The molecular formula is C15H22N2O2. The fourth-order valence-corrected chi connectivity index (χ4v) is 2.11. The van der Waals surface area contributed by atoms with Crippen molar-refractivity contribution in [2.45, 2.75) is 32.7 Å². The maximum absolute atomic E-state index is 5.84. The summed E-state index contributed by atoms with van der Waals surface area (Å²) in [6, 6.07) is 8.20. The van der Waals surface area contributed by atoms with E-state index in [2.05, 4.69) is 25.3 Å². The van der Waals surface area contributed by atoms with Crippen LogP contribution in [0, 0.1) is 6.92 Å². The normalized spacial score (nSPS) is 13.0. The highest BCUT2D eigenvalue weighted by Gasteiger charge is 2.14. The van der Waals surface area contributed by atoms with E-state index in [0.717, 1.165) is 36.2 Å². The van der Waals surface area contributed by atoms with Crippen molar-refractivity contribution >= 4 is 11.0 Å². The van der Waals surface area contributed by atoms with Gasteiger partial charge in [-0.05, 0) is 38.0 Å². The summed E-state index contributed by atoms with van der Waals surface area (Å²) < 4.78 is 11.3. The molecule has 0 amide bonds. The van der Waals surface area contributed by atoms with Crippen LogP contribution in [-0.2, 0) is 4.74 Å². The second-order valence-electron chi connectivity index (χ2n) is 4.81. The van der Waals surface area contributed by atoms with Crippen LogP contribution in [0.15, 0.2) is 28.7 Å². The van der Waals surface area contributed by atoms with Gasteiger partial charge in [0.2, 0.25) is 0 Å². The zero-order valence-electron chi connectivity index (χ0n) is 11.6. The first-order valence-electron chi connectivity index (χ1n) is 6.78. The number of hydrazine groups is 1. The minimum absolute atomic E-state index is 0.00966. The summed E-state index contributed by atoms with van der Waals surface area (Å²) in [4.78, 5) is 0. The molecular weight excluding hydrogens is 240 g/mol. The minimum Gasteiger partial charge on any atom is -0.459 e. The molecule has 0 spiro atoms. The summed E-state index contributed by atoms with van der Waals surface area (Å²) in [5, 5.41) is 1.12. The van der Waals surface area contributed by atoms with Crippen molar-refractivity contribution in [1.82, 2.24) is 5.43 Å². The Kier molecular flexibility index (Phi) is 4.96. The first-order valence-corrected chi connectivity index (χ1v) is 6.78. The average Bonchev–Trinajstić information content (AvgIpc) is 2.81. The van der Waals surface area contributed by atoms with Gasteiger partial charge in [-0.15, -0.1) is 0 Å². The Morgan fingerprint density at radius 2 is 2.16 bits per heavy atom. The molecule has 0 saturated carbocycles. The van der Waals surface area contributed by atoms with Crippen molar-refractivity contribution in [2.75, 3.05) is 13.2 Å². The quantitative estimate of drug-likeness (QED) is 0.457. The predicted octanol–water partition coefficient (Wildman–Crippen LogP) is 3.06. The summed E-state index contributed by atoms with van der Waals surface area (Å²) in [5.41, 5.74) is 4.92. The highest BCUT2D eigenvalue weighted by molar-refractivity contribution is 5.78. The maximum atomic E-state index is 5.84. The smallest absolute Gasteiger partial charge is 0.134 e. The lowest BCUT2D eigenvalue weighted by Gasteiger charge is -2.12. The number of aryl methyl sites for hydroxylation is 1. The van der Waals surface area contributed by atoms with Gasteiger partial charge in [0, 0.05) is 18.6 Å². The molecule has 2 aromatic rings. The van der Waals surface area contributed by atoms with Crippen molar-refractivity contribution < 1.29 is 9.15 Å². The van der Waals surface area contributed by atoms with Gasteiger partial charge >= 0.3 is 0 Å². The largest absolute Gasteiger partial charge is 0.459 e. The van der Waals surface area contributed by atoms with Crippen LogP contribution in [0.4, 0.5) is 0 Å². The molecule has 2 rings (SSSR count). The molecule has 0 aliphatic carbocycles. The first-order chi connectivity index (χ1) is 9.24. The zero-order valence-corrected chi connectivity index (χ0v) is 11.6. The van der Waals surface area contributed by atoms with E-state index < -0.39 is 0 Å². The van der Waals surface area contributed by atoms with E-state index in [9.17, 15) is 0 Å². The molecule has 4 heteroatoms. The summed E-state index contributed by atoms with van der Waals surface area (Å²) >= 11 is 0. The predicted molar refractivity (Wildman–Crippen MR) is 76.7 cm³/mol. The number of hydrogen-bond acceptors (Lipinski definition) is 4. The Morgan fingerprint density at radius 3 is 2.89 bits per heavy atom. The van der Waals surface area contributed by atoms with Crippen molar-refractivity contribution in [3.05, 3.63) is 35.6 Å². The van der Waals surface area contributed by atoms with Crippen molar-refractivity contribution in [3.63, 3.8) is 0 Å². The third-order valence-electron chi connectivity index (χ3n) is 3.13. The molecule has 0 fully saturated rings. The number of benzene rings is 1. The van der Waals surface area contributed by atoms with Gasteiger partial charge in [0.15, 0.2) is 0 Å². The first kappa shape index (κ1) is 14.1. The van der Waals surface area contributed by atoms with Gasteiger partial charge in [0.05, 0.1) is 6.04 Å². The molecule has 1 aromatic heterocycles. The molecule has 0 aliphatic rings. The van der Waals surface area contributed by atoms with E-state index in [1.165, 1.54) is 5.56 Å². The second-order valence-corrected chi connectivity index (χ2v) is 4.81. The summed E-state index contributed by atoms with van der Waals surface area (Å²) in [5.74, 6) is 6.47. The molecule has 0 radical (unpaired) electrons. The monoisotopic (exact) mass is 262 g/mol. The fraction of sp³-hybridized carbons (Fsp3) is 0.467. The van der Waals surface area contributed by atoms with Crippen molar-refractivity contribution in [2.24, 2.45) is 5.84 Å². The lowest BCUT2D eigenvalue weighted by Crippen LogP contribution is -2.28. The number of ether oxygens (including phenoxy) is 1. The topological polar surface area (TPSA) is 60.4 Å². The van der Waals surface area contributed by atoms with Gasteiger partial charge < -0.3 is 9.15 Å². The van der Waals surface area contributed by atoms with Crippen LogP contribution in [-0.4, -0.2) is 13.2 Å². The molecule has 1 heterocycles. The van der Waals surface area contributed by atoms with Crippen LogP contribution < -0.4 is 11.3 Å². The summed E-state index contributed by atoms with van der Waals surface area (Å²) in [6.07, 6.45) is 1.83. The van der Waals surface area contributed by atoms with Crippen LogP contribution in [0.1, 0.15) is 37.1 Å². The molecule has 1 aromatic carbocycles. The average molecular weight is 262 g/mol. The Bertz CT molecular complexity index is 522. The summed E-state index contributed by atoms with van der Waals surface area (Å²) in [7, 11) is 0. The van der Waals surface area contributed by atoms with Crippen LogP contribution in [0.3, 0.4) is 0 Å². The standard InChI is InChI=1S/C15H22N2O2/c1-3-7-18-8-6-13(17-16)15-10-12-9-11(2)4-5-14(12)19-15/h4-5,9-10,13,17H,3,6-8,16H2,1-2H3. The second kappa shape index (κ2) is 6.70. The SMILES string of the molecule is CCCOCCC(NN)c1cc2cc(C)ccc2o1. The van der Waals surface area contributed by atoms with Gasteiger partial charge in [-0.25, -0.2) is 5.43 Å². The third kappa shape index (κ3) is 3.56. The lowest BCUT2D eigenvalue weighted by atomic mass is 10.1. The van der Waals surface area contributed by atoms with E-state index in [0.29, 0.717) is 6.61 Å². The van der Waals surface area contributed by atoms with E-state index in [1.807, 2.05) is 18.2 Å². The molecule has 0 aliphatic heterocycles. The molecule has 0 saturated heterocycles. The number of fused-ring (bicyclic) bond motifs is 1. The van der Waals surface area contributed by atoms with E-state index in [1.54, 1.807) is 0 Å². The highest BCUT2D eigenvalue weighted by Crippen LogP contribution is 2.26. The number of furan rings is 1. The molecule has 0 bridgehead atoms. The highest BCUT2D eigenvalue weighted by atomic mass is 16.5. The maximum Gasteiger partial charge on any atom is 0.134 e. The van der Waals surface area contributed by atoms with Crippen molar-refractivity contribution in [1.29, 1.82) is 0 Å². The van der Waals surface area contributed by atoms with E-state index in [-0.39, 0.29) is 6.04 Å². The van der Waals surface area contributed by atoms with Gasteiger partial charge in [-0.2, -0.15) is 0 Å². The van der Waals surface area contributed by atoms with Crippen LogP contribution in [0.2, 0.25) is 0 Å². The molecule has 4 nitrogen and oxygen atoms in total. The van der Waals surface area contributed by atoms with Crippen LogP contribution in [0.5, 0.6) is 0 Å². The Hall–Kier alpha value is -1.36. The Morgan fingerprint density at radius 1 is 1.32 bits per heavy atom. The van der Waals surface area contributed by atoms with Crippen LogP contribution >= 0.6 is 0 Å². The Labute approximate surface area is 113 Å². The van der Waals surface area contributed by atoms with Crippen molar-refractivity contribution in [3.8, 4) is 0 Å². The number of rotatable bonds is 7. The van der Waals surface area contributed by atoms with Gasteiger partial charge in [-0.3, -0.25) is 5.84 Å². The summed E-state index contributed by atoms with van der Waals surface area (Å²) in [6.45, 7) is 5.64. The number of nitrogens with two attached hydrogens (primary N) is 1. The van der Waals surface area contributed by atoms with Gasteiger partial charge in [0.25, 0.3) is 0 Å². The van der Waals surface area contributed by atoms with E-state index in [4.69, 9.17) is 15.0 Å². The zero-order chi connectivity index (χ0) is 13.7. The molecule has 19 heavy (non-hydrogen) atoms. The number of hydrogen-bond donors (Lipinski definition) is 2. The molecule has 3 N–H and O–H groups in total. The minimum atomic E-state index is -0.00966.